The maximum atomic E-state index is 13.0. The molecule has 0 aromatic carbocycles. The molecule has 6 nitrogen and oxygen atoms in total. The summed E-state index contributed by atoms with van der Waals surface area (Å²) in [6.07, 6.45) is 6.14. The largest absolute Gasteiger partial charge is 0.467 e. The molecule has 0 bridgehead atoms. The summed E-state index contributed by atoms with van der Waals surface area (Å²) in [5, 5.41) is 14.5. The van der Waals surface area contributed by atoms with Crippen LogP contribution in [0.25, 0.3) is 0 Å². The van der Waals surface area contributed by atoms with Crippen LogP contribution in [-0.2, 0) is 6.42 Å². The first-order valence-corrected chi connectivity index (χ1v) is 9.31. The van der Waals surface area contributed by atoms with E-state index >= 15 is 0 Å². The Kier molecular flexibility index (Phi) is 5.63. The highest BCUT2D eigenvalue weighted by atomic mass is 32.1. The predicted octanol–water partition coefficient (Wildman–Crippen LogP) is 3.20. The molecular formula is C17H23N3O3S. The van der Waals surface area contributed by atoms with Crippen LogP contribution >= 0.6 is 11.5 Å². The van der Waals surface area contributed by atoms with E-state index in [2.05, 4.69) is 9.59 Å². The molecule has 0 saturated carbocycles. The topological polar surface area (TPSA) is 79.5 Å². The van der Waals surface area contributed by atoms with Crippen molar-refractivity contribution in [2.75, 3.05) is 6.54 Å². The van der Waals surface area contributed by atoms with Crippen LogP contribution < -0.4 is 0 Å². The van der Waals surface area contributed by atoms with E-state index in [1.54, 1.807) is 18.4 Å². The quantitative estimate of drug-likeness (QED) is 0.897. The first-order valence-electron chi connectivity index (χ1n) is 8.54. The summed E-state index contributed by atoms with van der Waals surface area (Å²) in [6, 6.07) is 3.55. The fourth-order valence-corrected chi connectivity index (χ4v) is 3.98. The van der Waals surface area contributed by atoms with Gasteiger partial charge in [0, 0.05) is 19.0 Å². The Morgan fingerprint density at radius 1 is 1.50 bits per heavy atom. The van der Waals surface area contributed by atoms with Gasteiger partial charge in [-0.25, -0.2) is 0 Å². The number of carbonyl (C=O) groups excluding carboxylic acids is 1. The van der Waals surface area contributed by atoms with Crippen molar-refractivity contribution >= 4 is 17.4 Å². The maximum Gasteiger partial charge on any atom is 0.267 e. The van der Waals surface area contributed by atoms with Crippen LogP contribution in [0.15, 0.2) is 22.8 Å². The van der Waals surface area contributed by atoms with Crippen molar-refractivity contribution < 1.29 is 14.3 Å². The van der Waals surface area contributed by atoms with Crippen LogP contribution in [-0.4, -0.2) is 38.1 Å². The Balaban J connectivity index is 1.78. The van der Waals surface area contributed by atoms with E-state index in [9.17, 15) is 9.90 Å². The highest BCUT2D eigenvalue weighted by Crippen LogP contribution is 2.28. The van der Waals surface area contributed by atoms with Gasteiger partial charge in [-0.05, 0) is 42.9 Å². The second-order valence-electron chi connectivity index (χ2n) is 6.17. The number of aliphatic hydroxyl groups is 1. The van der Waals surface area contributed by atoms with Crippen molar-refractivity contribution in [3.8, 4) is 0 Å². The molecule has 3 rings (SSSR count). The van der Waals surface area contributed by atoms with Crippen LogP contribution in [0.3, 0.4) is 0 Å². The summed E-state index contributed by atoms with van der Waals surface area (Å²) < 4.78 is 9.24. The van der Waals surface area contributed by atoms with Gasteiger partial charge in [0.05, 0.1) is 12.0 Å². The molecule has 0 radical (unpaired) electrons. The van der Waals surface area contributed by atoms with Gasteiger partial charge in [-0.2, -0.15) is 0 Å². The van der Waals surface area contributed by atoms with Gasteiger partial charge in [0.1, 0.15) is 16.7 Å². The molecule has 2 aromatic heterocycles. The zero-order valence-electron chi connectivity index (χ0n) is 13.9. The second-order valence-corrected chi connectivity index (χ2v) is 6.93. The Hall–Kier alpha value is -1.73. The van der Waals surface area contributed by atoms with Gasteiger partial charge in [-0.1, -0.05) is 24.3 Å². The average molecular weight is 349 g/mol. The van der Waals surface area contributed by atoms with Crippen LogP contribution in [0, 0.1) is 0 Å². The maximum absolute atomic E-state index is 13.0. The zero-order chi connectivity index (χ0) is 16.9. The third-order valence-electron chi connectivity index (χ3n) is 4.59. The number of nitrogens with zero attached hydrogens (tertiary/aromatic N) is 3. The van der Waals surface area contributed by atoms with Crippen molar-refractivity contribution in [1.82, 2.24) is 14.5 Å². The molecule has 0 spiro atoms. The lowest BCUT2D eigenvalue weighted by Crippen LogP contribution is -2.41. The van der Waals surface area contributed by atoms with E-state index in [4.69, 9.17) is 4.42 Å². The molecule has 1 saturated heterocycles. The van der Waals surface area contributed by atoms with Gasteiger partial charge in [0.15, 0.2) is 0 Å². The molecular weight excluding hydrogens is 326 g/mol. The van der Waals surface area contributed by atoms with Gasteiger partial charge in [0.25, 0.3) is 5.91 Å². The third-order valence-corrected chi connectivity index (χ3v) is 5.35. The van der Waals surface area contributed by atoms with Crippen LogP contribution in [0.5, 0.6) is 0 Å². The number of hydrogen-bond donors (Lipinski definition) is 1. The van der Waals surface area contributed by atoms with Crippen LogP contribution in [0.2, 0.25) is 0 Å². The summed E-state index contributed by atoms with van der Waals surface area (Å²) in [7, 11) is 0. The molecule has 2 atom stereocenters. The normalized spacial score (nSPS) is 19.9. The Morgan fingerprint density at radius 2 is 2.38 bits per heavy atom. The number of furan rings is 1. The zero-order valence-corrected chi connectivity index (χ0v) is 14.7. The van der Waals surface area contributed by atoms with Gasteiger partial charge >= 0.3 is 0 Å². The fourth-order valence-electron chi connectivity index (χ4n) is 3.28. The lowest BCUT2D eigenvalue weighted by atomic mass is 10.0. The second kappa shape index (κ2) is 7.90. The highest BCUT2D eigenvalue weighted by Gasteiger charge is 2.31. The van der Waals surface area contributed by atoms with Gasteiger partial charge in [0.2, 0.25) is 0 Å². The number of aliphatic hydroxyl groups excluding tert-OH is 1. The minimum absolute atomic E-state index is 0.000366. The van der Waals surface area contributed by atoms with Crippen molar-refractivity contribution in [2.45, 2.75) is 57.6 Å². The van der Waals surface area contributed by atoms with E-state index in [1.807, 2.05) is 11.8 Å². The van der Waals surface area contributed by atoms with Crippen molar-refractivity contribution in [3.63, 3.8) is 0 Å². The SMILES string of the molecule is CCc1nnsc1C(=O)N1CCCCC[C@@H]1C[C@@H](O)c1ccco1. The molecule has 1 amide bonds. The van der Waals surface area contributed by atoms with Crippen LogP contribution in [0.4, 0.5) is 0 Å². The molecule has 0 aliphatic carbocycles. The fraction of sp³-hybridized carbons (Fsp3) is 0.588. The number of likely N-dealkylation sites (tertiary alicyclic amines) is 1. The summed E-state index contributed by atoms with van der Waals surface area (Å²) in [5.41, 5.74) is 0.763. The van der Waals surface area contributed by atoms with E-state index in [0.29, 0.717) is 23.5 Å². The van der Waals surface area contributed by atoms with Crippen molar-refractivity contribution in [1.29, 1.82) is 0 Å². The molecule has 1 aliphatic heterocycles. The predicted molar refractivity (Wildman–Crippen MR) is 90.9 cm³/mol. The minimum atomic E-state index is -0.691. The molecule has 1 fully saturated rings. The molecule has 24 heavy (non-hydrogen) atoms. The third kappa shape index (κ3) is 3.67. The average Bonchev–Trinajstić information content (AvgIpc) is 3.23. The van der Waals surface area contributed by atoms with E-state index in [0.717, 1.165) is 37.9 Å². The Morgan fingerprint density at radius 3 is 3.12 bits per heavy atom. The number of hydrogen-bond acceptors (Lipinski definition) is 6. The number of amides is 1. The molecule has 1 N–H and O–H groups in total. The van der Waals surface area contributed by atoms with Gasteiger partial charge in [-0.15, -0.1) is 5.10 Å². The van der Waals surface area contributed by atoms with E-state index in [-0.39, 0.29) is 11.9 Å². The number of aromatic nitrogens is 2. The minimum Gasteiger partial charge on any atom is -0.467 e. The standard InChI is InChI=1S/C17H23N3O3S/c1-2-13-16(24-19-18-13)17(22)20-9-5-3-4-7-12(20)11-14(21)15-8-6-10-23-15/h6,8,10,12,14,21H,2-5,7,9,11H2,1H3/t12-,14-/m1/s1. The smallest absolute Gasteiger partial charge is 0.267 e. The lowest BCUT2D eigenvalue weighted by Gasteiger charge is -2.31. The Labute approximate surface area is 145 Å². The van der Waals surface area contributed by atoms with Crippen molar-refractivity contribution in [2.24, 2.45) is 0 Å². The van der Waals surface area contributed by atoms with E-state index < -0.39 is 6.10 Å². The van der Waals surface area contributed by atoms with Crippen LogP contribution in [0.1, 0.15) is 66.3 Å². The molecule has 3 heterocycles. The molecule has 1 aliphatic rings. The lowest BCUT2D eigenvalue weighted by molar-refractivity contribution is 0.0560. The van der Waals surface area contributed by atoms with Crippen molar-refractivity contribution in [3.05, 3.63) is 34.7 Å². The Bertz CT molecular complexity index is 656. The molecule has 2 aromatic rings. The summed E-state index contributed by atoms with van der Waals surface area (Å²) >= 11 is 1.17. The molecule has 7 heteroatoms. The van der Waals surface area contributed by atoms with E-state index in [1.165, 1.54) is 11.5 Å². The molecule has 0 unspecified atom stereocenters. The monoisotopic (exact) mass is 349 g/mol. The number of aryl methyl sites for hydroxylation is 1. The summed E-state index contributed by atoms with van der Waals surface area (Å²) in [4.78, 5) is 15.6. The van der Waals surface area contributed by atoms with Gasteiger partial charge < -0.3 is 14.4 Å². The number of rotatable bonds is 5. The first-order chi connectivity index (χ1) is 11.7. The summed E-state index contributed by atoms with van der Waals surface area (Å²) in [6.45, 7) is 2.70. The first kappa shape index (κ1) is 17.1. The number of carbonyl (C=O) groups is 1. The molecule has 130 valence electrons. The summed E-state index contributed by atoms with van der Waals surface area (Å²) in [5.74, 6) is 0.556. The van der Waals surface area contributed by atoms with Gasteiger partial charge in [-0.3, -0.25) is 4.79 Å². The highest BCUT2D eigenvalue weighted by molar-refractivity contribution is 7.08.